The van der Waals surface area contributed by atoms with Gasteiger partial charge in [-0.15, -0.1) is 0 Å². The van der Waals surface area contributed by atoms with Gasteiger partial charge >= 0.3 is 0 Å². The maximum Gasteiger partial charge on any atom is 0.136 e. The summed E-state index contributed by atoms with van der Waals surface area (Å²) in [5.41, 5.74) is 0. The van der Waals surface area contributed by atoms with Gasteiger partial charge in [0.05, 0.1) is 0 Å². The lowest BCUT2D eigenvalue weighted by Gasteiger charge is -2.20. The van der Waals surface area contributed by atoms with Gasteiger partial charge in [0.1, 0.15) is 12.3 Å². The molecule has 0 saturated heterocycles. The van der Waals surface area contributed by atoms with Crippen LogP contribution in [0.25, 0.3) is 0 Å². The van der Waals surface area contributed by atoms with Gasteiger partial charge in [0.25, 0.3) is 0 Å². The van der Waals surface area contributed by atoms with Crippen LogP contribution >= 0.6 is 0 Å². The van der Waals surface area contributed by atoms with Crippen LogP contribution in [0.3, 0.4) is 0 Å². The van der Waals surface area contributed by atoms with Crippen molar-refractivity contribution in [2.75, 3.05) is 0 Å². The van der Waals surface area contributed by atoms with Gasteiger partial charge in [-0.1, -0.05) is 0 Å². The number of hydrogen-bond donors (Lipinski definition) is 4. The van der Waals surface area contributed by atoms with Crippen LogP contribution < -0.4 is 21.3 Å². The molecular formula is C6H10N4. The third-order valence-electron chi connectivity index (χ3n) is 1.60. The molecule has 2 aliphatic rings. The summed E-state index contributed by atoms with van der Waals surface area (Å²) in [6.45, 7) is 0. The number of rotatable bonds is 1. The summed E-state index contributed by atoms with van der Waals surface area (Å²) in [7, 11) is 0. The van der Waals surface area contributed by atoms with Gasteiger partial charge in [-0.25, -0.2) is 0 Å². The first-order valence-electron chi connectivity index (χ1n) is 3.31. The molecule has 10 heavy (non-hydrogen) atoms. The van der Waals surface area contributed by atoms with Gasteiger partial charge in [0.2, 0.25) is 0 Å². The minimum Gasteiger partial charge on any atom is -0.367 e. The van der Waals surface area contributed by atoms with Crippen LogP contribution in [-0.4, -0.2) is 12.3 Å². The van der Waals surface area contributed by atoms with Gasteiger partial charge < -0.3 is 21.3 Å². The molecule has 0 aromatic heterocycles. The van der Waals surface area contributed by atoms with Crippen LogP contribution in [0, 0.1) is 0 Å². The van der Waals surface area contributed by atoms with E-state index in [1.165, 1.54) is 0 Å². The van der Waals surface area contributed by atoms with E-state index in [1.54, 1.807) is 0 Å². The second-order valence-corrected chi connectivity index (χ2v) is 2.29. The Morgan fingerprint density at radius 1 is 0.600 bits per heavy atom. The summed E-state index contributed by atoms with van der Waals surface area (Å²) in [5, 5.41) is 12.6. The zero-order valence-corrected chi connectivity index (χ0v) is 5.46. The van der Waals surface area contributed by atoms with Crippen molar-refractivity contribution >= 4 is 0 Å². The van der Waals surface area contributed by atoms with Crippen LogP contribution in [0.2, 0.25) is 0 Å². The second-order valence-electron chi connectivity index (χ2n) is 2.29. The van der Waals surface area contributed by atoms with Crippen molar-refractivity contribution in [2.45, 2.75) is 12.3 Å². The second kappa shape index (κ2) is 2.13. The van der Waals surface area contributed by atoms with Crippen LogP contribution in [0.4, 0.5) is 0 Å². The Kier molecular flexibility index (Phi) is 1.16. The summed E-state index contributed by atoms with van der Waals surface area (Å²) >= 11 is 0. The Morgan fingerprint density at radius 2 is 0.900 bits per heavy atom. The van der Waals surface area contributed by atoms with E-state index in [4.69, 9.17) is 0 Å². The molecule has 0 amide bonds. The van der Waals surface area contributed by atoms with Gasteiger partial charge in [-0.05, 0) is 0 Å². The van der Waals surface area contributed by atoms with E-state index < -0.39 is 0 Å². The molecule has 2 aliphatic heterocycles. The molecule has 4 nitrogen and oxygen atoms in total. The molecule has 0 saturated carbocycles. The first-order chi connectivity index (χ1) is 4.97. The highest BCUT2D eigenvalue weighted by atomic mass is 15.3. The van der Waals surface area contributed by atoms with Gasteiger partial charge in [0, 0.05) is 24.8 Å². The maximum atomic E-state index is 3.14. The molecule has 0 spiro atoms. The standard InChI is InChI=1S/C6H10N4/c1-2-8-5(7-1)6-9-3-4-10-6/h1-10H. The largest absolute Gasteiger partial charge is 0.367 e. The minimum atomic E-state index is 0.259. The number of nitrogens with one attached hydrogen (secondary N) is 4. The zero-order chi connectivity index (χ0) is 6.81. The van der Waals surface area contributed by atoms with Crippen molar-refractivity contribution in [1.29, 1.82) is 0 Å². The van der Waals surface area contributed by atoms with E-state index in [-0.39, 0.29) is 12.3 Å². The van der Waals surface area contributed by atoms with Crippen molar-refractivity contribution in [3.05, 3.63) is 24.8 Å². The molecule has 0 aliphatic carbocycles. The highest BCUT2D eigenvalue weighted by Crippen LogP contribution is 1.95. The number of hydrogen-bond acceptors (Lipinski definition) is 4. The van der Waals surface area contributed by atoms with Crippen molar-refractivity contribution in [3.8, 4) is 0 Å². The normalized spacial score (nSPS) is 23.6. The molecule has 2 rings (SSSR count). The lowest BCUT2D eigenvalue weighted by atomic mass is 10.4. The lowest BCUT2D eigenvalue weighted by Crippen LogP contribution is -2.52. The van der Waals surface area contributed by atoms with Gasteiger partial charge in [0.15, 0.2) is 0 Å². The molecule has 4 heteroatoms. The molecule has 0 unspecified atom stereocenters. The van der Waals surface area contributed by atoms with Crippen LogP contribution in [-0.2, 0) is 0 Å². The molecule has 0 bridgehead atoms. The van der Waals surface area contributed by atoms with E-state index >= 15 is 0 Å². The molecule has 54 valence electrons. The Hall–Kier alpha value is -1.32. The van der Waals surface area contributed by atoms with E-state index in [0.29, 0.717) is 0 Å². The Labute approximate surface area is 59.4 Å². The van der Waals surface area contributed by atoms with E-state index in [9.17, 15) is 0 Å². The molecule has 0 fully saturated rings. The molecule has 0 aromatic carbocycles. The topological polar surface area (TPSA) is 48.1 Å². The predicted molar refractivity (Wildman–Crippen MR) is 38.4 cm³/mol. The highest BCUT2D eigenvalue weighted by molar-refractivity contribution is 5.01. The predicted octanol–water partition coefficient (Wildman–Crippen LogP) is -1.03. The third-order valence-corrected chi connectivity index (χ3v) is 1.60. The molecule has 2 heterocycles. The van der Waals surface area contributed by atoms with Crippen molar-refractivity contribution < 1.29 is 0 Å². The summed E-state index contributed by atoms with van der Waals surface area (Å²) in [4.78, 5) is 0. The Morgan fingerprint density at radius 3 is 1.20 bits per heavy atom. The summed E-state index contributed by atoms with van der Waals surface area (Å²) < 4.78 is 0. The molecule has 0 atom stereocenters. The SMILES string of the molecule is C1=CNC(C2NC=CN2)N1. The van der Waals surface area contributed by atoms with Gasteiger partial charge in [-0.3, -0.25) is 0 Å². The van der Waals surface area contributed by atoms with Crippen LogP contribution in [0.5, 0.6) is 0 Å². The fourth-order valence-electron chi connectivity index (χ4n) is 1.09. The summed E-state index contributed by atoms with van der Waals surface area (Å²) in [6.07, 6.45) is 8.10. The third kappa shape index (κ3) is 0.775. The fourth-order valence-corrected chi connectivity index (χ4v) is 1.09. The van der Waals surface area contributed by atoms with E-state index in [2.05, 4.69) is 21.3 Å². The fraction of sp³-hybridized carbons (Fsp3) is 0.333. The smallest absolute Gasteiger partial charge is 0.136 e. The van der Waals surface area contributed by atoms with E-state index in [0.717, 1.165) is 0 Å². The zero-order valence-electron chi connectivity index (χ0n) is 5.46. The molecular weight excluding hydrogens is 128 g/mol. The summed E-state index contributed by atoms with van der Waals surface area (Å²) in [6, 6.07) is 0. The molecule has 0 radical (unpaired) electrons. The van der Waals surface area contributed by atoms with E-state index in [1.807, 2.05) is 24.8 Å². The van der Waals surface area contributed by atoms with Crippen molar-refractivity contribution in [2.24, 2.45) is 0 Å². The van der Waals surface area contributed by atoms with Crippen LogP contribution in [0.15, 0.2) is 24.8 Å². The summed E-state index contributed by atoms with van der Waals surface area (Å²) in [5.74, 6) is 0. The minimum absolute atomic E-state index is 0.259. The Bertz CT molecular complexity index is 139. The first-order valence-corrected chi connectivity index (χ1v) is 3.31. The average molecular weight is 138 g/mol. The average Bonchev–Trinajstić information content (AvgIpc) is 2.59. The van der Waals surface area contributed by atoms with Crippen molar-refractivity contribution in [3.63, 3.8) is 0 Å². The molecule has 4 N–H and O–H groups in total. The van der Waals surface area contributed by atoms with Crippen LogP contribution in [0.1, 0.15) is 0 Å². The maximum absolute atomic E-state index is 3.14. The molecule has 0 aromatic rings. The Balaban J connectivity index is 1.89. The highest BCUT2D eigenvalue weighted by Gasteiger charge is 2.20. The van der Waals surface area contributed by atoms with Gasteiger partial charge in [-0.2, -0.15) is 0 Å². The first kappa shape index (κ1) is 5.46. The lowest BCUT2D eigenvalue weighted by molar-refractivity contribution is 0.405. The monoisotopic (exact) mass is 138 g/mol. The quantitative estimate of drug-likeness (QED) is 0.374. The van der Waals surface area contributed by atoms with Crippen molar-refractivity contribution in [1.82, 2.24) is 21.3 Å².